The molecule has 0 saturated carbocycles. The van der Waals surface area contributed by atoms with Crippen LogP contribution in [-0.4, -0.2) is 20.2 Å². The Morgan fingerprint density at radius 2 is 2.21 bits per heavy atom. The molecule has 0 aromatic heterocycles. The van der Waals surface area contributed by atoms with Crippen LogP contribution in [0.4, 0.5) is 0 Å². The zero-order valence-electron chi connectivity index (χ0n) is 8.32. The number of halogens is 1. The first-order chi connectivity index (χ1) is 6.42. The Bertz CT molecular complexity index is 290. The summed E-state index contributed by atoms with van der Waals surface area (Å²) in [5, 5.41) is 3.17. The van der Waals surface area contributed by atoms with Crippen molar-refractivity contribution >= 4 is 12.4 Å². The van der Waals surface area contributed by atoms with Gasteiger partial charge in [0.05, 0.1) is 6.61 Å². The molecule has 1 heterocycles. The zero-order valence-corrected chi connectivity index (χ0v) is 9.14. The fourth-order valence-electron chi connectivity index (χ4n) is 1.79. The number of rotatable bonds is 3. The number of hydrogen-bond acceptors (Lipinski definition) is 2. The second kappa shape index (κ2) is 5.23. The molecule has 1 aromatic carbocycles. The third-order valence-corrected chi connectivity index (χ3v) is 2.54. The van der Waals surface area contributed by atoms with Crippen molar-refractivity contribution in [1.82, 2.24) is 5.32 Å². The second-order valence-corrected chi connectivity index (χ2v) is 3.44. The van der Waals surface area contributed by atoms with Crippen molar-refractivity contribution < 1.29 is 4.74 Å². The molecule has 3 heteroatoms. The molecule has 2 rings (SSSR count). The summed E-state index contributed by atoms with van der Waals surface area (Å²) in [6, 6.07) is 8.33. The summed E-state index contributed by atoms with van der Waals surface area (Å²) < 4.78 is 5.58. The van der Waals surface area contributed by atoms with Gasteiger partial charge in [-0.3, -0.25) is 0 Å². The van der Waals surface area contributed by atoms with Crippen molar-refractivity contribution in [1.29, 1.82) is 0 Å². The standard InChI is InChI=1S/C11H15NO.ClH/c1-12-7-6-9-8-13-11-5-3-2-4-10(9)11;/h2-5,9,12H,6-8H2,1H3;1H. The molecule has 1 atom stereocenters. The molecule has 0 bridgehead atoms. The normalized spacial score (nSPS) is 18.2. The molecule has 0 spiro atoms. The second-order valence-electron chi connectivity index (χ2n) is 3.44. The number of ether oxygens (including phenoxy) is 1. The Labute approximate surface area is 91.1 Å². The van der Waals surface area contributed by atoms with Crippen LogP contribution in [0.2, 0.25) is 0 Å². The summed E-state index contributed by atoms with van der Waals surface area (Å²) in [5.74, 6) is 1.66. The summed E-state index contributed by atoms with van der Waals surface area (Å²) in [6.45, 7) is 1.91. The van der Waals surface area contributed by atoms with E-state index in [1.54, 1.807) is 0 Å². The first-order valence-electron chi connectivity index (χ1n) is 4.78. The number of nitrogens with one attached hydrogen (secondary N) is 1. The molecule has 2 nitrogen and oxygen atoms in total. The van der Waals surface area contributed by atoms with Crippen molar-refractivity contribution in [3.63, 3.8) is 0 Å². The molecule has 0 saturated heterocycles. The predicted molar refractivity (Wildman–Crippen MR) is 60.5 cm³/mol. The van der Waals surface area contributed by atoms with E-state index in [1.807, 2.05) is 13.1 Å². The zero-order chi connectivity index (χ0) is 9.10. The van der Waals surface area contributed by atoms with Gasteiger partial charge in [0, 0.05) is 11.5 Å². The highest BCUT2D eigenvalue weighted by molar-refractivity contribution is 5.85. The monoisotopic (exact) mass is 213 g/mol. The summed E-state index contributed by atoms with van der Waals surface area (Å²) in [7, 11) is 1.99. The van der Waals surface area contributed by atoms with E-state index in [0.717, 1.165) is 25.3 Å². The van der Waals surface area contributed by atoms with Gasteiger partial charge >= 0.3 is 0 Å². The predicted octanol–water partition coefficient (Wildman–Crippen LogP) is 2.19. The Morgan fingerprint density at radius 3 is 3.00 bits per heavy atom. The van der Waals surface area contributed by atoms with Crippen LogP contribution in [0.3, 0.4) is 0 Å². The Kier molecular flexibility index (Phi) is 4.23. The molecule has 78 valence electrons. The number of benzene rings is 1. The average Bonchev–Trinajstić information content (AvgIpc) is 2.58. The molecule has 1 aromatic rings. The van der Waals surface area contributed by atoms with Gasteiger partial charge in [-0.25, -0.2) is 0 Å². The van der Waals surface area contributed by atoms with Crippen LogP contribution in [0.25, 0.3) is 0 Å². The van der Waals surface area contributed by atoms with E-state index in [1.165, 1.54) is 5.56 Å². The van der Waals surface area contributed by atoms with E-state index in [0.29, 0.717) is 5.92 Å². The third kappa shape index (κ3) is 2.20. The Morgan fingerprint density at radius 1 is 1.43 bits per heavy atom. The van der Waals surface area contributed by atoms with Crippen molar-refractivity contribution in [3.8, 4) is 5.75 Å². The van der Waals surface area contributed by atoms with Crippen LogP contribution in [0.15, 0.2) is 24.3 Å². The largest absolute Gasteiger partial charge is 0.493 e. The maximum atomic E-state index is 5.58. The minimum atomic E-state index is 0. The Hall–Kier alpha value is -0.730. The van der Waals surface area contributed by atoms with E-state index in [9.17, 15) is 0 Å². The lowest BCUT2D eigenvalue weighted by atomic mass is 9.98. The molecular weight excluding hydrogens is 198 g/mol. The summed E-state index contributed by atoms with van der Waals surface area (Å²) in [6.07, 6.45) is 1.16. The van der Waals surface area contributed by atoms with Crippen LogP contribution in [0, 0.1) is 0 Å². The molecule has 0 amide bonds. The van der Waals surface area contributed by atoms with Crippen molar-refractivity contribution in [2.45, 2.75) is 12.3 Å². The van der Waals surface area contributed by atoms with Crippen LogP contribution in [0.1, 0.15) is 17.9 Å². The molecule has 0 radical (unpaired) electrons. The van der Waals surface area contributed by atoms with Crippen molar-refractivity contribution in [2.24, 2.45) is 0 Å². The minimum Gasteiger partial charge on any atom is -0.493 e. The van der Waals surface area contributed by atoms with Crippen LogP contribution in [-0.2, 0) is 0 Å². The fraction of sp³-hybridized carbons (Fsp3) is 0.455. The first kappa shape index (κ1) is 11.3. The molecule has 1 N–H and O–H groups in total. The molecule has 1 unspecified atom stereocenters. The van der Waals surface area contributed by atoms with Gasteiger partial charge in [-0.05, 0) is 26.1 Å². The maximum Gasteiger partial charge on any atom is 0.122 e. The van der Waals surface area contributed by atoms with E-state index < -0.39 is 0 Å². The van der Waals surface area contributed by atoms with Crippen molar-refractivity contribution in [2.75, 3.05) is 20.2 Å². The number of para-hydroxylation sites is 1. The number of hydrogen-bond donors (Lipinski definition) is 1. The van der Waals surface area contributed by atoms with Gasteiger partial charge in [0.2, 0.25) is 0 Å². The summed E-state index contributed by atoms with van der Waals surface area (Å²) >= 11 is 0. The van der Waals surface area contributed by atoms with Crippen LogP contribution in [0.5, 0.6) is 5.75 Å². The highest BCUT2D eigenvalue weighted by Crippen LogP contribution is 2.34. The molecule has 1 aliphatic heterocycles. The van der Waals surface area contributed by atoms with E-state index in [2.05, 4.69) is 23.5 Å². The van der Waals surface area contributed by atoms with E-state index in [-0.39, 0.29) is 12.4 Å². The van der Waals surface area contributed by atoms with E-state index >= 15 is 0 Å². The topological polar surface area (TPSA) is 21.3 Å². The highest BCUT2D eigenvalue weighted by atomic mass is 35.5. The lowest BCUT2D eigenvalue weighted by Gasteiger charge is -2.06. The molecule has 1 aliphatic rings. The van der Waals surface area contributed by atoms with Gasteiger partial charge < -0.3 is 10.1 Å². The van der Waals surface area contributed by atoms with E-state index in [4.69, 9.17) is 4.74 Å². The third-order valence-electron chi connectivity index (χ3n) is 2.54. The molecular formula is C11H16ClNO. The quantitative estimate of drug-likeness (QED) is 0.831. The van der Waals surface area contributed by atoms with Crippen molar-refractivity contribution in [3.05, 3.63) is 29.8 Å². The molecule has 14 heavy (non-hydrogen) atoms. The molecule has 0 fully saturated rings. The van der Waals surface area contributed by atoms with Gasteiger partial charge in [0.15, 0.2) is 0 Å². The smallest absolute Gasteiger partial charge is 0.122 e. The summed E-state index contributed by atoms with van der Waals surface area (Å²) in [5.41, 5.74) is 1.37. The van der Waals surface area contributed by atoms with Gasteiger partial charge in [0.25, 0.3) is 0 Å². The first-order valence-corrected chi connectivity index (χ1v) is 4.78. The molecule has 0 aliphatic carbocycles. The highest BCUT2D eigenvalue weighted by Gasteiger charge is 2.22. The van der Waals surface area contributed by atoms with Gasteiger partial charge in [-0.2, -0.15) is 0 Å². The van der Waals surface area contributed by atoms with Crippen LogP contribution >= 0.6 is 12.4 Å². The van der Waals surface area contributed by atoms with Gasteiger partial charge in [0.1, 0.15) is 5.75 Å². The maximum absolute atomic E-state index is 5.58. The minimum absolute atomic E-state index is 0. The SMILES string of the molecule is CNCCC1COc2ccccc21.Cl. The van der Waals surface area contributed by atoms with Gasteiger partial charge in [-0.15, -0.1) is 12.4 Å². The fourth-order valence-corrected chi connectivity index (χ4v) is 1.79. The van der Waals surface area contributed by atoms with Gasteiger partial charge in [-0.1, -0.05) is 18.2 Å². The number of fused-ring (bicyclic) bond motifs is 1. The van der Waals surface area contributed by atoms with Crippen LogP contribution < -0.4 is 10.1 Å². The average molecular weight is 214 g/mol. The lowest BCUT2D eigenvalue weighted by molar-refractivity contribution is 0.324. The lowest BCUT2D eigenvalue weighted by Crippen LogP contribution is -2.12. The summed E-state index contributed by atoms with van der Waals surface area (Å²) in [4.78, 5) is 0. The Balaban J connectivity index is 0.000000980.